The number of hydrogen-bond acceptors (Lipinski definition) is 3. The molecule has 19 heavy (non-hydrogen) atoms. The fourth-order valence-corrected chi connectivity index (χ4v) is 2.84. The van der Waals surface area contributed by atoms with Gasteiger partial charge in [-0.25, -0.2) is 9.78 Å². The quantitative estimate of drug-likeness (QED) is 0.829. The molecule has 1 aliphatic rings. The van der Waals surface area contributed by atoms with Gasteiger partial charge < -0.3 is 9.52 Å². The van der Waals surface area contributed by atoms with Crippen molar-refractivity contribution in [3.63, 3.8) is 0 Å². The third kappa shape index (κ3) is 2.35. The molecule has 100 valence electrons. The predicted octanol–water partition coefficient (Wildman–Crippen LogP) is 3.96. The Bertz CT molecular complexity index is 594. The lowest BCUT2D eigenvalue weighted by atomic mass is 10.0. The lowest BCUT2D eigenvalue weighted by Gasteiger charge is -2.08. The Morgan fingerprint density at radius 1 is 1.21 bits per heavy atom. The largest absolute Gasteiger partial charge is 0.478 e. The molecule has 3 rings (SSSR count). The van der Waals surface area contributed by atoms with Gasteiger partial charge in [-0.2, -0.15) is 0 Å². The zero-order valence-corrected chi connectivity index (χ0v) is 10.8. The van der Waals surface area contributed by atoms with Crippen molar-refractivity contribution in [2.24, 2.45) is 0 Å². The third-order valence-electron chi connectivity index (χ3n) is 3.87. The van der Waals surface area contributed by atoms with Crippen LogP contribution in [-0.4, -0.2) is 16.1 Å². The van der Waals surface area contributed by atoms with Crippen LogP contribution in [0.4, 0.5) is 0 Å². The van der Waals surface area contributed by atoms with Crippen LogP contribution in [0.1, 0.15) is 60.7 Å². The Labute approximate surface area is 111 Å². The van der Waals surface area contributed by atoms with Gasteiger partial charge in [0.15, 0.2) is 11.5 Å². The highest BCUT2D eigenvalue weighted by molar-refractivity contribution is 5.99. The van der Waals surface area contributed by atoms with E-state index in [0.29, 0.717) is 22.9 Å². The Hall–Kier alpha value is -1.84. The summed E-state index contributed by atoms with van der Waals surface area (Å²) in [6.45, 7) is 0. The fraction of sp³-hybridized carbons (Fsp3) is 0.467. The molecule has 0 unspecified atom stereocenters. The molecule has 2 aromatic rings. The summed E-state index contributed by atoms with van der Waals surface area (Å²) >= 11 is 0. The van der Waals surface area contributed by atoms with Crippen molar-refractivity contribution in [3.8, 4) is 0 Å². The average molecular weight is 259 g/mol. The van der Waals surface area contributed by atoms with Gasteiger partial charge in [0, 0.05) is 5.92 Å². The first-order chi connectivity index (χ1) is 9.25. The summed E-state index contributed by atoms with van der Waals surface area (Å²) in [7, 11) is 0. The van der Waals surface area contributed by atoms with Gasteiger partial charge in [-0.15, -0.1) is 0 Å². The van der Waals surface area contributed by atoms with Gasteiger partial charge in [-0.05, 0) is 25.0 Å². The number of rotatable bonds is 2. The molecule has 0 spiro atoms. The van der Waals surface area contributed by atoms with Gasteiger partial charge in [-0.3, -0.25) is 0 Å². The van der Waals surface area contributed by atoms with Crippen LogP contribution in [0.2, 0.25) is 0 Å². The number of carbonyl (C=O) groups is 1. The molecule has 1 saturated carbocycles. The van der Waals surface area contributed by atoms with Crippen LogP contribution in [0.5, 0.6) is 0 Å². The van der Waals surface area contributed by atoms with Gasteiger partial charge >= 0.3 is 5.97 Å². The second kappa shape index (κ2) is 5.03. The van der Waals surface area contributed by atoms with Gasteiger partial charge in [0.2, 0.25) is 0 Å². The van der Waals surface area contributed by atoms with Gasteiger partial charge in [-0.1, -0.05) is 31.7 Å². The first kappa shape index (κ1) is 12.2. The summed E-state index contributed by atoms with van der Waals surface area (Å²) in [6, 6.07) is 5.09. The number of para-hydroxylation sites is 1. The Morgan fingerprint density at radius 2 is 1.95 bits per heavy atom. The molecule has 0 aliphatic heterocycles. The maximum Gasteiger partial charge on any atom is 0.339 e. The average Bonchev–Trinajstić information content (AvgIpc) is 2.65. The van der Waals surface area contributed by atoms with Gasteiger partial charge in [0.25, 0.3) is 0 Å². The zero-order chi connectivity index (χ0) is 13.2. The molecule has 1 heterocycles. The third-order valence-corrected chi connectivity index (χ3v) is 3.87. The first-order valence-corrected chi connectivity index (χ1v) is 6.88. The number of aromatic nitrogens is 1. The molecule has 1 fully saturated rings. The maximum absolute atomic E-state index is 11.2. The van der Waals surface area contributed by atoms with E-state index in [9.17, 15) is 4.79 Å². The highest BCUT2D eigenvalue weighted by Crippen LogP contribution is 2.33. The minimum atomic E-state index is -0.964. The highest BCUT2D eigenvalue weighted by Gasteiger charge is 2.21. The lowest BCUT2D eigenvalue weighted by Crippen LogP contribution is -1.97. The number of nitrogens with zero attached hydrogens (tertiary/aromatic N) is 1. The number of fused-ring (bicyclic) bond motifs is 1. The van der Waals surface area contributed by atoms with E-state index in [1.807, 2.05) is 6.07 Å². The summed E-state index contributed by atoms with van der Waals surface area (Å²) in [5, 5.41) is 9.16. The minimum absolute atomic E-state index is 0.199. The van der Waals surface area contributed by atoms with Crippen LogP contribution in [0.25, 0.3) is 11.1 Å². The van der Waals surface area contributed by atoms with E-state index in [2.05, 4.69) is 4.98 Å². The van der Waals surface area contributed by atoms with Gasteiger partial charge in [0.05, 0.1) is 0 Å². The van der Waals surface area contributed by atoms with Crippen molar-refractivity contribution < 1.29 is 14.3 Å². The topological polar surface area (TPSA) is 63.3 Å². The maximum atomic E-state index is 11.2. The number of aromatic carboxylic acids is 1. The van der Waals surface area contributed by atoms with Crippen LogP contribution in [0.15, 0.2) is 22.6 Å². The molecular formula is C15H17NO3. The second-order valence-electron chi connectivity index (χ2n) is 5.20. The SMILES string of the molecule is O=C(O)c1cccc2nc(C3CCCCCC3)oc12. The lowest BCUT2D eigenvalue weighted by molar-refractivity contribution is 0.0698. The smallest absolute Gasteiger partial charge is 0.339 e. The van der Waals surface area contributed by atoms with Crippen molar-refractivity contribution in [1.82, 2.24) is 4.98 Å². The molecule has 1 N–H and O–H groups in total. The van der Waals surface area contributed by atoms with E-state index < -0.39 is 5.97 Å². The molecule has 0 atom stereocenters. The summed E-state index contributed by atoms with van der Waals surface area (Å²) in [5.41, 5.74) is 1.26. The second-order valence-corrected chi connectivity index (χ2v) is 5.20. The van der Waals surface area contributed by atoms with Crippen molar-refractivity contribution in [2.75, 3.05) is 0 Å². The predicted molar refractivity (Wildman–Crippen MR) is 71.4 cm³/mol. The summed E-state index contributed by atoms with van der Waals surface area (Å²) in [6.07, 6.45) is 7.14. The van der Waals surface area contributed by atoms with Crippen molar-refractivity contribution in [2.45, 2.75) is 44.4 Å². The van der Waals surface area contributed by atoms with Crippen molar-refractivity contribution in [3.05, 3.63) is 29.7 Å². The molecule has 0 bridgehead atoms. The highest BCUT2D eigenvalue weighted by atomic mass is 16.4. The standard InChI is InChI=1S/C15H17NO3/c17-15(18)11-8-5-9-12-13(11)19-14(16-12)10-6-3-1-2-4-7-10/h5,8-10H,1-4,6-7H2,(H,17,18). The van der Waals surface area contributed by atoms with Crippen LogP contribution in [0, 0.1) is 0 Å². The van der Waals surface area contributed by atoms with Crippen LogP contribution in [0.3, 0.4) is 0 Å². The van der Waals surface area contributed by atoms with E-state index in [0.717, 1.165) is 12.8 Å². The fourth-order valence-electron chi connectivity index (χ4n) is 2.84. The number of carboxylic acid groups (broad SMARTS) is 1. The molecule has 4 nitrogen and oxygen atoms in total. The molecule has 4 heteroatoms. The van der Waals surface area contributed by atoms with E-state index in [4.69, 9.17) is 9.52 Å². The summed E-state index contributed by atoms with van der Waals surface area (Å²) in [4.78, 5) is 15.7. The van der Waals surface area contributed by atoms with Crippen molar-refractivity contribution >= 4 is 17.1 Å². The molecule has 0 saturated heterocycles. The van der Waals surface area contributed by atoms with E-state index in [1.165, 1.54) is 25.7 Å². The Kier molecular flexibility index (Phi) is 3.23. The monoisotopic (exact) mass is 259 g/mol. The van der Waals surface area contributed by atoms with E-state index in [1.54, 1.807) is 12.1 Å². The zero-order valence-electron chi connectivity index (χ0n) is 10.8. The first-order valence-electron chi connectivity index (χ1n) is 6.88. The molecular weight excluding hydrogens is 242 g/mol. The molecule has 0 radical (unpaired) electrons. The molecule has 1 aromatic carbocycles. The van der Waals surface area contributed by atoms with Crippen molar-refractivity contribution in [1.29, 1.82) is 0 Å². The van der Waals surface area contributed by atoms with E-state index in [-0.39, 0.29) is 5.56 Å². The Balaban J connectivity index is 2.01. The normalized spacial score (nSPS) is 17.5. The molecule has 0 amide bonds. The van der Waals surface area contributed by atoms with Crippen LogP contribution < -0.4 is 0 Å². The summed E-state index contributed by atoms with van der Waals surface area (Å²) in [5.74, 6) is 0.0938. The summed E-state index contributed by atoms with van der Waals surface area (Å²) < 4.78 is 5.76. The van der Waals surface area contributed by atoms with E-state index >= 15 is 0 Å². The Morgan fingerprint density at radius 3 is 2.63 bits per heavy atom. The van der Waals surface area contributed by atoms with Crippen LogP contribution in [-0.2, 0) is 0 Å². The molecule has 1 aromatic heterocycles. The number of oxazole rings is 1. The minimum Gasteiger partial charge on any atom is -0.478 e. The van der Waals surface area contributed by atoms with Crippen LogP contribution >= 0.6 is 0 Å². The van der Waals surface area contributed by atoms with Gasteiger partial charge in [0.1, 0.15) is 11.1 Å². The molecule has 1 aliphatic carbocycles. The number of carboxylic acids is 1. The number of benzene rings is 1. The number of hydrogen-bond donors (Lipinski definition) is 1.